The average Bonchev–Trinajstić information content (AvgIpc) is 2.49. The highest BCUT2D eigenvalue weighted by Gasteiger charge is 2.26. The van der Waals surface area contributed by atoms with Crippen LogP contribution >= 0.6 is 0 Å². The van der Waals surface area contributed by atoms with Gasteiger partial charge < -0.3 is 15.3 Å². The number of carboxylic acids is 1. The van der Waals surface area contributed by atoms with Gasteiger partial charge in [-0.2, -0.15) is 0 Å². The van der Waals surface area contributed by atoms with Crippen LogP contribution in [0.4, 0.5) is 9.18 Å². The molecule has 1 aliphatic heterocycles. The van der Waals surface area contributed by atoms with Gasteiger partial charge in [-0.25, -0.2) is 9.18 Å². The fraction of sp³-hybridized carbons (Fsp3) is 0.333. The molecule has 0 unspecified atom stereocenters. The minimum absolute atomic E-state index is 0.253. The summed E-state index contributed by atoms with van der Waals surface area (Å²) in [5.41, 5.74) is 0.779. The Balaban J connectivity index is 1.80. The fourth-order valence-electron chi connectivity index (χ4n) is 2.20. The number of carbonyl (C=O) groups excluding carboxylic acids is 1. The Morgan fingerprint density at radius 2 is 1.86 bits per heavy atom. The highest BCUT2D eigenvalue weighted by molar-refractivity contribution is 5.77. The molecule has 1 aliphatic rings. The van der Waals surface area contributed by atoms with E-state index in [-0.39, 0.29) is 17.8 Å². The zero-order chi connectivity index (χ0) is 15.2. The van der Waals surface area contributed by atoms with Crippen molar-refractivity contribution >= 4 is 18.1 Å². The molecule has 1 saturated heterocycles. The summed E-state index contributed by atoms with van der Waals surface area (Å²) in [6.45, 7) is 0.875. The quantitative estimate of drug-likeness (QED) is 0.898. The number of halogens is 1. The third-order valence-electron chi connectivity index (χ3n) is 3.48. The molecular formula is C15H17FN2O3. The Kier molecular flexibility index (Phi) is 4.92. The molecule has 1 heterocycles. The second kappa shape index (κ2) is 6.88. The maximum Gasteiger partial charge on any atom is 0.321 e. The minimum atomic E-state index is -0.800. The molecule has 6 heteroatoms. The number of nitrogens with one attached hydrogen (secondary N) is 1. The monoisotopic (exact) mass is 292 g/mol. The van der Waals surface area contributed by atoms with E-state index in [1.54, 1.807) is 23.1 Å². The predicted octanol–water partition coefficient (Wildman–Crippen LogP) is 2.30. The van der Waals surface area contributed by atoms with Crippen molar-refractivity contribution < 1.29 is 19.1 Å². The third-order valence-corrected chi connectivity index (χ3v) is 3.48. The molecule has 0 aromatic heterocycles. The fourth-order valence-corrected chi connectivity index (χ4v) is 2.20. The van der Waals surface area contributed by atoms with Gasteiger partial charge in [-0.05, 0) is 36.6 Å². The number of likely N-dealkylation sites (tertiary alicyclic amines) is 1. The Morgan fingerprint density at radius 1 is 1.24 bits per heavy atom. The average molecular weight is 292 g/mol. The Labute approximate surface area is 122 Å². The zero-order valence-electron chi connectivity index (χ0n) is 11.5. The SMILES string of the molecule is O=C(O)C1CCN(C(=O)N/C=C/c2ccc(F)cc2)CC1. The van der Waals surface area contributed by atoms with Gasteiger partial charge in [-0.3, -0.25) is 4.79 Å². The van der Waals surface area contributed by atoms with E-state index in [9.17, 15) is 14.0 Å². The summed E-state index contributed by atoms with van der Waals surface area (Å²) in [5, 5.41) is 11.5. The number of nitrogens with zero attached hydrogens (tertiary/aromatic N) is 1. The first-order chi connectivity index (χ1) is 10.1. The summed E-state index contributed by atoms with van der Waals surface area (Å²) in [6.07, 6.45) is 4.12. The third kappa shape index (κ3) is 4.30. The number of benzene rings is 1. The van der Waals surface area contributed by atoms with E-state index in [0.717, 1.165) is 5.56 Å². The number of aliphatic carboxylic acids is 1. The molecule has 2 N–H and O–H groups in total. The van der Waals surface area contributed by atoms with Crippen LogP contribution in [-0.2, 0) is 4.79 Å². The molecule has 112 valence electrons. The maximum atomic E-state index is 12.7. The predicted molar refractivity (Wildman–Crippen MR) is 75.9 cm³/mol. The van der Waals surface area contributed by atoms with Gasteiger partial charge >= 0.3 is 12.0 Å². The van der Waals surface area contributed by atoms with Crippen molar-refractivity contribution in [3.05, 3.63) is 41.8 Å². The van der Waals surface area contributed by atoms with E-state index in [1.165, 1.54) is 18.3 Å². The minimum Gasteiger partial charge on any atom is -0.481 e. The number of carbonyl (C=O) groups is 2. The molecule has 0 radical (unpaired) electrons. The van der Waals surface area contributed by atoms with Crippen LogP contribution in [0.25, 0.3) is 6.08 Å². The van der Waals surface area contributed by atoms with Gasteiger partial charge in [0.05, 0.1) is 5.92 Å². The first-order valence-corrected chi connectivity index (χ1v) is 6.76. The van der Waals surface area contributed by atoms with Crippen LogP contribution in [0, 0.1) is 11.7 Å². The molecular weight excluding hydrogens is 275 g/mol. The van der Waals surface area contributed by atoms with Crippen LogP contribution in [0.2, 0.25) is 0 Å². The number of piperidine rings is 1. The molecule has 0 saturated carbocycles. The van der Waals surface area contributed by atoms with Crippen molar-refractivity contribution in [1.82, 2.24) is 10.2 Å². The van der Waals surface area contributed by atoms with Gasteiger partial charge in [0.2, 0.25) is 0 Å². The number of rotatable bonds is 3. The van der Waals surface area contributed by atoms with E-state index in [0.29, 0.717) is 25.9 Å². The summed E-state index contributed by atoms with van der Waals surface area (Å²) in [5.74, 6) is -1.47. The summed E-state index contributed by atoms with van der Waals surface area (Å²) >= 11 is 0. The van der Waals surface area contributed by atoms with Crippen molar-refractivity contribution in [3.8, 4) is 0 Å². The highest BCUT2D eigenvalue weighted by atomic mass is 19.1. The standard InChI is InChI=1S/C15H17FN2O3/c16-13-3-1-11(2-4-13)5-8-17-15(21)18-9-6-12(7-10-18)14(19)20/h1-5,8,12H,6-7,9-10H2,(H,17,21)(H,19,20)/b8-5+. The first kappa shape index (κ1) is 15.0. The number of urea groups is 1. The van der Waals surface area contributed by atoms with Crippen LogP contribution in [0.15, 0.2) is 30.5 Å². The molecule has 1 aromatic carbocycles. The lowest BCUT2D eigenvalue weighted by Gasteiger charge is -2.29. The van der Waals surface area contributed by atoms with Gasteiger partial charge in [0.1, 0.15) is 5.82 Å². The summed E-state index contributed by atoms with van der Waals surface area (Å²) in [4.78, 5) is 24.3. The van der Waals surface area contributed by atoms with E-state index in [4.69, 9.17) is 5.11 Å². The lowest BCUT2D eigenvalue weighted by molar-refractivity contribution is -0.143. The summed E-state index contributed by atoms with van der Waals surface area (Å²) in [6, 6.07) is 5.65. The normalized spacial score (nSPS) is 16.1. The van der Waals surface area contributed by atoms with Crippen LogP contribution in [-0.4, -0.2) is 35.1 Å². The molecule has 0 spiro atoms. The summed E-state index contributed by atoms with van der Waals surface area (Å²) < 4.78 is 12.7. The van der Waals surface area contributed by atoms with E-state index in [1.807, 2.05) is 0 Å². The molecule has 21 heavy (non-hydrogen) atoms. The van der Waals surface area contributed by atoms with Gasteiger partial charge in [0.15, 0.2) is 0 Å². The number of carboxylic acid groups (broad SMARTS) is 1. The lowest BCUT2D eigenvalue weighted by Crippen LogP contribution is -2.44. The molecule has 2 rings (SSSR count). The molecule has 1 fully saturated rings. The molecule has 0 atom stereocenters. The number of hydrogen-bond acceptors (Lipinski definition) is 2. The molecule has 1 aromatic rings. The van der Waals surface area contributed by atoms with Crippen LogP contribution < -0.4 is 5.32 Å². The molecule has 5 nitrogen and oxygen atoms in total. The smallest absolute Gasteiger partial charge is 0.321 e. The lowest BCUT2D eigenvalue weighted by atomic mass is 9.97. The second-order valence-electron chi connectivity index (χ2n) is 4.93. The van der Waals surface area contributed by atoms with Crippen molar-refractivity contribution in [2.24, 2.45) is 5.92 Å². The first-order valence-electron chi connectivity index (χ1n) is 6.76. The van der Waals surface area contributed by atoms with Gasteiger partial charge in [-0.1, -0.05) is 12.1 Å². The van der Waals surface area contributed by atoms with E-state index < -0.39 is 5.97 Å². The maximum absolute atomic E-state index is 12.7. The molecule has 0 aliphatic carbocycles. The number of hydrogen-bond donors (Lipinski definition) is 2. The van der Waals surface area contributed by atoms with Gasteiger partial charge in [0.25, 0.3) is 0 Å². The Bertz CT molecular complexity index is 534. The molecule has 2 amide bonds. The van der Waals surface area contributed by atoms with Crippen LogP contribution in [0.3, 0.4) is 0 Å². The van der Waals surface area contributed by atoms with E-state index >= 15 is 0 Å². The Morgan fingerprint density at radius 3 is 2.43 bits per heavy atom. The van der Waals surface area contributed by atoms with Gasteiger partial charge in [-0.15, -0.1) is 0 Å². The Hall–Kier alpha value is -2.37. The topological polar surface area (TPSA) is 69.6 Å². The van der Waals surface area contributed by atoms with Crippen LogP contribution in [0.1, 0.15) is 18.4 Å². The van der Waals surface area contributed by atoms with Crippen molar-refractivity contribution in [3.63, 3.8) is 0 Å². The van der Waals surface area contributed by atoms with Crippen LogP contribution in [0.5, 0.6) is 0 Å². The van der Waals surface area contributed by atoms with Crippen molar-refractivity contribution in [2.75, 3.05) is 13.1 Å². The van der Waals surface area contributed by atoms with Gasteiger partial charge in [0, 0.05) is 19.3 Å². The van der Waals surface area contributed by atoms with Crippen molar-refractivity contribution in [1.29, 1.82) is 0 Å². The number of amides is 2. The van der Waals surface area contributed by atoms with Crippen molar-refractivity contribution in [2.45, 2.75) is 12.8 Å². The highest BCUT2D eigenvalue weighted by Crippen LogP contribution is 2.17. The molecule has 0 bridgehead atoms. The summed E-state index contributed by atoms with van der Waals surface area (Å²) in [7, 11) is 0. The van der Waals surface area contributed by atoms with E-state index in [2.05, 4.69) is 5.32 Å². The second-order valence-corrected chi connectivity index (χ2v) is 4.93. The zero-order valence-corrected chi connectivity index (χ0v) is 11.5. The largest absolute Gasteiger partial charge is 0.481 e.